The third-order valence-corrected chi connectivity index (χ3v) is 5.34. The molecule has 0 bridgehead atoms. The molecule has 1 saturated heterocycles. The zero-order valence-electron chi connectivity index (χ0n) is 16.9. The van der Waals surface area contributed by atoms with E-state index in [9.17, 15) is 9.59 Å². The van der Waals surface area contributed by atoms with Crippen LogP contribution in [0, 0.1) is 0 Å². The molecule has 1 aliphatic carbocycles. The van der Waals surface area contributed by atoms with E-state index >= 15 is 0 Å². The first-order valence-corrected chi connectivity index (χ1v) is 10.0. The Kier molecular flexibility index (Phi) is 5.72. The largest absolute Gasteiger partial charge is 0.443 e. The lowest BCUT2D eigenvalue weighted by Gasteiger charge is -2.31. The molecule has 1 aromatic heterocycles. The van der Waals surface area contributed by atoms with Crippen LogP contribution < -0.4 is 4.90 Å². The van der Waals surface area contributed by atoms with Crippen LogP contribution in [-0.2, 0) is 9.53 Å². The molecule has 0 aromatic carbocycles. The first-order valence-electron chi connectivity index (χ1n) is 10.0. The van der Waals surface area contributed by atoms with Gasteiger partial charge >= 0.3 is 6.09 Å². The highest BCUT2D eigenvalue weighted by Gasteiger charge is 2.33. The molecule has 0 radical (unpaired) electrons. The van der Waals surface area contributed by atoms with Gasteiger partial charge in [-0.15, -0.1) is 0 Å². The molecule has 1 unspecified atom stereocenters. The maximum Gasteiger partial charge on any atom is 0.416 e. The number of ether oxygens (including phenoxy) is 1. The Morgan fingerprint density at radius 3 is 2.41 bits per heavy atom. The van der Waals surface area contributed by atoms with Crippen molar-refractivity contribution in [2.75, 3.05) is 11.4 Å². The summed E-state index contributed by atoms with van der Waals surface area (Å²) in [5.41, 5.74) is 0.488. The third-order valence-electron chi connectivity index (χ3n) is 5.34. The lowest BCUT2D eigenvalue weighted by atomic mass is 10.1. The molecule has 148 valence electrons. The molecule has 0 spiro atoms. The molecule has 0 N–H and O–H groups in total. The van der Waals surface area contributed by atoms with Gasteiger partial charge in [0, 0.05) is 25.7 Å². The second-order valence-corrected chi connectivity index (χ2v) is 8.61. The second-order valence-electron chi connectivity index (χ2n) is 8.61. The van der Waals surface area contributed by atoms with Crippen molar-refractivity contribution in [3.05, 3.63) is 23.9 Å². The van der Waals surface area contributed by atoms with E-state index in [1.54, 1.807) is 11.8 Å². The Balaban J connectivity index is 1.82. The van der Waals surface area contributed by atoms with Crippen LogP contribution in [0.3, 0.4) is 0 Å². The van der Waals surface area contributed by atoms with E-state index in [0.29, 0.717) is 5.82 Å². The highest BCUT2D eigenvalue weighted by atomic mass is 16.6. The second kappa shape index (κ2) is 7.87. The highest BCUT2D eigenvalue weighted by molar-refractivity contribution is 5.87. The van der Waals surface area contributed by atoms with E-state index in [-0.39, 0.29) is 24.1 Å². The third kappa shape index (κ3) is 4.60. The summed E-state index contributed by atoms with van der Waals surface area (Å²) in [4.78, 5) is 32.9. The van der Waals surface area contributed by atoms with Crippen LogP contribution in [0.15, 0.2) is 18.3 Å². The lowest BCUT2D eigenvalue weighted by Crippen LogP contribution is -2.43. The van der Waals surface area contributed by atoms with E-state index < -0.39 is 5.60 Å². The molecular weight excluding hydrogens is 342 g/mol. The first-order chi connectivity index (χ1) is 12.8. The molecule has 1 saturated carbocycles. The summed E-state index contributed by atoms with van der Waals surface area (Å²) in [6.45, 7) is 8.05. The Morgan fingerprint density at radius 1 is 1.15 bits per heavy atom. The SMILES string of the molecule is CC(=O)N1CCCC1c1ccc(N(C(=O)OC(C)(C)C)C2CCCC2)nc1. The van der Waals surface area contributed by atoms with Gasteiger partial charge in [0.1, 0.15) is 11.4 Å². The number of pyridine rings is 1. The van der Waals surface area contributed by atoms with Gasteiger partial charge in [0.05, 0.1) is 6.04 Å². The smallest absolute Gasteiger partial charge is 0.416 e. The van der Waals surface area contributed by atoms with Gasteiger partial charge in [-0.2, -0.15) is 0 Å². The van der Waals surface area contributed by atoms with E-state index in [2.05, 4.69) is 4.98 Å². The molecule has 2 fully saturated rings. The standard InChI is InChI=1S/C21H31N3O3/c1-15(25)23-13-7-10-18(23)16-11-12-19(22-14-16)24(17-8-5-6-9-17)20(26)27-21(2,3)4/h11-12,14,17-18H,5-10,13H2,1-4H3. The fourth-order valence-corrected chi connectivity index (χ4v) is 4.13. The van der Waals surface area contributed by atoms with Gasteiger partial charge in [0.2, 0.25) is 5.91 Å². The number of nitrogens with zero attached hydrogens (tertiary/aromatic N) is 3. The van der Waals surface area contributed by atoms with Crippen LogP contribution >= 0.6 is 0 Å². The maximum absolute atomic E-state index is 12.8. The van der Waals surface area contributed by atoms with Crippen molar-refractivity contribution in [1.29, 1.82) is 0 Å². The molecular formula is C21H31N3O3. The van der Waals surface area contributed by atoms with Crippen LogP contribution in [0.1, 0.15) is 77.8 Å². The van der Waals surface area contributed by atoms with Crippen LogP contribution in [0.2, 0.25) is 0 Å². The summed E-state index contributed by atoms with van der Waals surface area (Å²) >= 11 is 0. The van der Waals surface area contributed by atoms with Crippen molar-refractivity contribution in [3.63, 3.8) is 0 Å². The number of carbonyl (C=O) groups excluding carboxylic acids is 2. The Morgan fingerprint density at radius 2 is 1.85 bits per heavy atom. The number of rotatable bonds is 3. The van der Waals surface area contributed by atoms with Crippen molar-refractivity contribution >= 4 is 17.8 Å². The number of hydrogen-bond acceptors (Lipinski definition) is 4. The van der Waals surface area contributed by atoms with Gasteiger partial charge in [-0.1, -0.05) is 18.9 Å². The van der Waals surface area contributed by atoms with E-state index in [1.165, 1.54) is 0 Å². The van der Waals surface area contributed by atoms with Crippen molar-refractivity contribution < 1.29 is 14.3 Å². The molecule has 2 heterocycles. The summed E-state index contributed by atoms with van der Waals surface area (Å²) in [5, 5.41) is 0. The minimum absolute atomic E-state index is 0.0884. The summed E-state index contributed by atoms with van der Waals surface area (Å²) in [5.74, 6) is 0.732. The molecule has 2 aliphatic rings. The number of carbonyl (C=O) groups is 2. The molecule has 6 nitrogen and oxygen atoms in total. The van der Waals surface area contributed by atoms with Crippen molar-refractivity contribution in [2.45, 2.75) is 83.9 Å². The van der Waals surface area contributed by atoms with Gasteiger partial charge < -0.3 is 9.64 Å². The van der Waals surface area contributed by atoms with Crippen LogP contribution in [0.5, 0.6) is 0 Å². The van der Waals surface area contributed by atoms with Gasteiger partial charge in [0.25, 0.3) is 0 Å². The van der Waals surface area contributed by atoms with E-state index in [1.807, 2.05) is 44.0 Å². The van der Waals surface area contributed by atoms with Crippen LogP contribution in [0.25, 0.3) is 0 Å². The van der Waals surface area contributed by atoms with E-state index in [4.69, 9.17) is 4.74 Å². The summed E-state index contributed by atoms with van der Waals surface area (Å²) < 4.78 is 5.64. The summed E-state index contributed by atoms with van der Waals surface area (Å²) in [6.07, 6.45) is 7.65. The van der Waals surface area contributed by atoms with Gasteiger partial charge in [0.15, 0.2) is 0 Å². The monoisotopic (exact) mass is 373 g/mol. The fraction of sp³-hybridized carbons (Fsp3) is 0.667. The number of anilines is 1. The molecule has 3 rings (SSSR count). The Bertz CT molecular complexity index is 675. The van der Waals surface area contributed by atoms with Crippen molar-refractivity contribution in [1.82, 2.24) is 9.88 Å². The molecule has 27 heavy (non-hydrogen) atoms. The number of amides is 2. The number of likely N-dealkylation sites (tertiary alicyclic amines) is 1. The number of hydrogen-bond donors (Lipinski definition) is 0. The molecule has 1 aromatic rings. The highest BCUT2D eigenvalue weighted by Crippen LogP contribution is 2.33. The fourth-order valence-electron chi connectivity index (χ4n) is 4.13. The summed E-state index contributed by atoms with van der Waals surface area (Å²) in [6, 6.07) is 4.12. The average molecular weight is 373 g/mol. The van der Waals surface area contributed by atoms with Crippen LogP contribution in [0.4, 0.5) is 10.6 Å². The molecule has 1 aliphatic heterocycles. The predicted molar refractivity (Wildman–Crippen MR) is 105 cm³/mol. The Hall–Kier alpha value is -2.11. The Labute approximate surface area is 161 Å². The molecule has 6 heteroatoms. The molecule has 2 amide bonds. The number of aromatic nitrogens is 1. The normalized spacial score (nSPS) is 20.7. The molecule has 1 atom stereocenters. The maximum atomic E-state index is 12.8. The first kappa shape index (κ1) is 19.6. The average Bonchev–Trinajstić information content (AvgIpc) is 3.25. The van der Waals surface area contributed by atoms with E-state index in [0.717, 1.165) is 50.6 Å². The minimum Gasteiger partial charge on any atom is -0.443 e. The minimum atomic E-state index is -0.542. The van der Waals surface area contributed by atoms with Crippen molar-refractivity contribution in [2.24, 2.45) is 0 Å². The van der Waals surface area contributed by atoms with Gasteiger partial charge in [-0.25, -0.2) is 9.78 Å². The topological polar surface area (TPSA) is 62.7 Å². The zero-order valence-corrected chi connectivity index (χ0v) is 16.9. The van der Waals surface area contributed by atoms with Crippen LogP contribution in [-0.4, -0.2) is 40.1 Å². The zero-order chi connectivity index (χ0) is 19.6. The quantitative estimate of drug-likeness (QED) is 0.785. The van der Waals surface area contributed by atoms with Gasteiger partial charge in [-0.05, 0) is 58.1 Å². The van der Waals surface area contributed by atoms with Gasteiger partial charge in [-0.3, -0.25) is 9.69 Å². The lowest BCUT2D eigenvalue weighted by molar-refractivity contribution is -0.129. The summed E-state index contributed by atoms with van der Waals surface area (Å²) in [7, 11) is 0. The predicted octanol–water partition coefficient (Wildman–Crippen LogP) is 4.45. The van der Waals surface area contributed by atoms with Crippen molar-refractivity contribution in [3.8, 4) is 0 Å².